The number of aliphatic carboxylic acids is 1. The molecule has 21 heavy (non-hydrogen) atoms. The molecule has 0 spiro atoms. The summed E-state index contributed by atoms with van der Waals surface area (Å²) in [5.74, 6) is 1.18. The van der Waals surface area contributed by atoms with Crippen LogP contribution in [0.2, 0.25) is 0 Å². The van der Waals surface area contributed by atoms with Gasteiger partial charge in [-0.05, 0) is 49.9 Å². The molecule has 4 heteroatoms. The average Bonchev–Trinajstić information content (AvgIpc) is 2.96. The highest BCUT2D eigenvalue weighted by Gasteiger charge is 2.43. The van der Waals surface area contributed by atoms with Crippen LogP contribution in [-0.2, 0) is 9.59 Å². The lowest BCUT2D eigenvalue weighted by atomic mass is 9.85. The van der Waals surface area contributed by atoms with Crippen molar-refractivity contribution in [1.29, 1.82) is 0 Å². The molecule has 3 aliphatic rings. The molecule has 3 rings (SSSR count). The summed E-state index contributed by atoms with van der Waals surface area (Å²) in [7, 11) is 0. The molecular formula is C17H27NO3. The minimum Gasteiger partial charge on any atom is -0.480 e. The van der Waals surface area contributed by atoms with E-state index in [0.717, 1.165) is 37.5 Å². The summed E-state index contributed by atoms with van der Waals surface area (Å²) in [4.78, 5) is 24.1. The van der Waals surface area contributed by atoms with Gasteiger partial charge >= 0.3 is 5.97 Å². The summed E-state index contributed by atoms with van der Waals surface area (Å²) in [6, 6.07) is 0. The Hall–Kier alpha value is -1.06. The van der Waals surface area contributed by atoms with Gasteiger partial charge in [-0.3, -0.25) is 4.79 Å². The molecule has 0 radical (unpaired) electrons. The van der Waals surface area contributed by atoms with Crippen molar-refractivity contribution >= 4 is 11.9 Å². The van der Waals surface area contributed by atoms with Crippen LogP contribution < -0.4 is 5.32 Å². The molecule has 1 amide bonds. The van der Waals surface area contributed by atoms with Crippen LogP contribution in [0, 0.1) is 17.8 Å². The Balaban J connectivity index is 1.60. The van der Waals surface area contributed by atoms with E-state index in [1.54, 1.807) is 0 Å². The second-order valence-electron chi connectivity index (χ2n) is 7.49. The largest absolute Gasteiger partial charge is 0.480 e. The Bertz CT molecular complexity index is 412. The van der Waals surface area contributed by atoms with Crippen LogP contribution in [-0.4, -0.2) is 22.5 Å². The molecular weight excluding hydrogens is 266 g/mol. The standard InChI is InChI=1S/C17H27NO3/c19-15(11-14-10-12-5-6-13(14)9-12)18-17(16(20)21)7-3-1-2-4-8-17/h12-14H,1-11H2,(H,18,19)(H,20,21). The summed E-state index contributed by atoms with van der Waals surface area (Å²) < 4.78 is 0. The van der Waals surface area contributed by atoms with Gasteiger partial charge in [-0.15, -0.1) is 0 Å². The van der Waals surface area contributed by atoms with Gasteiger partial charge < -0.3 is 10.4 Å². The van der Waals surface area contributed by atoms with Crippen molar-refractivity contribution in [2.45, 2.75) is 76.2 Å². The van der Waals surface area contributed by atoms with Gasteiger partial charge in [-0.2, -0.15) is 0 Å². The molecule has 2 bridgehead atoms. The zero-order valence-corrected chi connectivity index (χ0v) is 12.8. The first-order valence-corrected chi connectivity index (χ1v) is 8.63. The zero-order chi connectivity index (χ0) is 14.9. The van der Waals surface area contributed by atoms with Gasteiger partial charge in [0.1, 0.15) is 5.54 Å². The van der Waals surface area contributed by atoms with Gasteiger partial charge in [0, 0.05) is 6.42 Å². The first-order chi connectivity index (χ1) is 10.1. The highest BCUT2D eigenvalue weighted by molar-refractivity contribution is 5.87. The maximum Gasteiger partial charge on any atom is 0.329 e. The zero-order valence-electron chi connectivity index (χ0n) is 12.8. The third-order valence-electron chi connectivity index (χ3n) is 6.08. The number of hydrogen-bond acceptors (Lipinski definition) is 2. The number of hydrogen-bond donors (Lipinski definition) is 2. The second kappa shape index (κ2) is 5.98. The molecule has 3 fully saturated rings. The normalized spacial score (nSPS) is 34.4. The van der Waals surface area contributed by atoms with Crippen molar-refractivity contribution in [3.8, 4) is 0 Å². The van der Waals surface area contributed by atoms with E-state index >= 15 is 0 Å². The number of amides is 1. The van der Waals surface area contributed by atoms with Crippen molar-refractivity contribution in [3.05, 3.63) is 0 Å². The first kappa shape index (κ1) is 14.9. The van der Waals surface area contributed by atoms with Crippen LogP contribution in [0.15, 0.2) is 0 Å². The van der Waals surface area contributed by atoms with E-state index in [-0.39, 0.29) is 5.91 Å². The molecule has 4 nitrogen and oxygen atoms in total. The molecule has 3 aliphatic carbocycles. The quantitative estimate of drug-likeness (QED) is 0.783. The van der Waals surface area contributed by atoms with Gasteiger partial charge in [-0.1, -0.05) is 32.1 Å². The highest BCUT2D eigenvalue weighted by atomic mass is 16.4. The smallest absolute Gasteiger partial charge is 0.329 e. The van der Waals surface area contributed by atoms with Crippen LogP contribution in [0.25, 0.3) is 0 Å². The van der Waals surface area contributed by atoms with Crippen LogP contribution >= 0.6 is 0 Å². The van der Waals surface area contributed by atoms with Gasteiger partial charge in [0.2, 0.25) is 5.91 Å². The Kier molecular flexibility index (Phi) is 4.23. The fourth-order valence-corrected chi connectivity index (χ4v) is 4.91. The molecule has 118 valence electrons. The lowest BCUT2D eigenvalue weighted by Gasteiger charge is -2.30. The van der Waals surface area contributed by atoms with E-state index in [9.17, 15) is 14.7 Å². The maximum atomic E-state index is 12.4. The Morgan fingerprint density at radius 2 is 1.76 bits per heavy atom. The van der Waals surface area contributed by atoms with E-state index in [0.29, 0.717) is 25.2 Å². The number of carbonyl (C=O) groups is 2. The summed E-state index contributed by atoms with van der Waals surface area (Å²) >= 11 is 0. The van der Waals surface area contributed by atoms with Crippen LogP contribution in [0.3, 0.4) is 0 Å². The monoisotopic (exact) mass is 293 g/mol. The van der Waals surface area contributed by atoms with Crippen molar-refractivity contribution in [2.75, 3.05) is 0 Å². The van der Waals surface area contributed by atoms with Gasteiger partial charge in [-0.25, -0.2) is 4.79 Å². The minimum atomic E-state index is -0.995. The highest BCUT2D eigenvalue weighted by Crippen LogP contribution is 2.49. The molecule has 0 aromatic carbocycles. The molecule has 3 unspecified atom stereocenters. The van der Waals surface area contributed by atoms with E-state index < -0.39 is 11.5 Å². The van der Waals surface area contributed by atoms with Crippen molar-refractivity contribution in [1.82, 2.24) is 5.32 Å². The Morgan fingerprint density at radius 1 is 1.05 bits per heavy atom. The maximum absolute atomic E-state index is 12.4. The summed E-state index contributed by atoms with van der Waals surface area (Å²) in [6.07, 6.45) is 10.8. The molecule has 3 saturated carbocycles. The van der Waals surface area contributed by atoms with Gasteiger partial charge in [0.15, 0.2) is 0 Å². The molecule has 0 heterocycles. The third-order valence-corrected chi connectivity index (χ3v) is 6.08. The van der Waals surface area contributed by atoms with Crippen molar-refractivity contribution in [3.63, 3.8) is 0 Å². The Morgan fingerprint density at radius 3 is 2.29 bits per heavy atom. The second-order valence-corrected chi connectivity index (χ2v) is 7.49. The molecule has 2 N–H and O–H groups in total. The summed E-state index contributed by atoms with van der Waals surface area (Å²) in [5, 5.41) is 12.5. The van der Waals surface area contributed by atoms with Crippen LogP contribution in [0.4, 0.5) is 0 Å². The third kappa shape index (κ3) is 3.09. The number of nitrogens with one attached hydrogen (secondary N) is 1. The van der Waals surface area contributed by atoms with Gasteiger partial charge in [0.25, 0.3) is 0 Å². The first-order valence-electron chi connectivity index (χ1n) is 8.63. The topological polar surface area (TPSA) is 66.4 Å². The number of carboxylic acids is 1. The van der Waals surface area contributed by atoms with E-state index in [2.05, 4.69) is 5.32 Å². The molecule has 3 atom stereocenters. The molecule has 0 aromatic rings. The number of carbonyl (C=O) groups excluding carboxylic acids is 1. The number of carboxylic acid groups (broad SMARTS) is 1. The minimum absolute atomic E-state index is 0.0307. The van der Waals surface area contributed by atoms with E-state index in [1.165, 1.54) is 25.7 Å². The van der Waals surface area contributed by atoms with Crippen molar-refractivity contribution in [2.24, 2.45) is 17.8 Å². The fourth-order valence-electron chi connectivity index (χ4n) is 4.91. The predicted octanol–water partition coefficient (Wildman–Crippen LogP) is 3.11. The van der Waals surface area contributed by atoms with Gasteiger partial charge in [0.05, 0.1) is 0 Å². The Labute approximate surface area is 126 Å². The fraction of sp³-hybridized carbons (Fsp3) is 0.882. The van der Waals surface area contributed by atoms with Crippen molar-refractivity contribution < 1.29 is 14.7 Å². The molecule has 0 aliphatic heterocycles. The number of fused-ring (bicyclic) bond motifs is 2. The van der Waals surface area contributed by atoms with E-state index in [4.69, 9.17) is 0 Å². The molecule has 0 saturated heterocycles. The summed E-state index contributed by atoms with van der Waals surface area (Å²) in [5.41, 5.74) is -0.995. The average molecular weight is 293 g/mol. The lowest BCUT2D eigenvalue weighted by Crippen LogP contribution is -2.54. The lowest BCUT2D eigenvalue weighted by molar-refractivity contribution is -0.148. The summed E-state index contributed by atoms with van der Waals surface area (Å²) in [6.45, 7) is 0. The predicted molar refractivity (Wildman–Crippen MR) is 79.8 cm³/mol. The number of rotatable bonds is 4. The molecule has 0 aromatic heterocycles. The van der Waals surface area contributed by atoms with Crippen LogP contribution in [0.1, 0.15) is 70.6 Å². The van der Waals surface area contributed by atoms with Crippen LogP contribution in [0.5, 0.6) is 0 Å². The van der Waals surface area contributed by atoms with E-state index in [1.807, 2.05) is 0 Å². The SMILES string of the molecule is O=C(CC1CC2CCC1C2)NC1(C(=O)O)CCCCCC1.